The monoisotopic (exact) mass is 258 g/mol. The zero-order valence-electron chi connectivity index (χ0n) is 12.0. The van der Waals surface area contributed by atoms with Crippen molar-refractivity contribution in [2.24, 2.45) is 5.92 Å². The molecule has 0 bridgehead atoms. The molecule has 0 aliphatic heterocycles. The van der Waals surface area contributed by atoms with Crippen LogP contribution < -0.4 is 4.74 Å². The van der Waals surface area contributed by atoms with E-state index in [0.29, 0.717) is 0 Å². The summed E-state index contributed by atoms with van der Waals surface area (Å²) in [6, 6.07) is 10.8. The molecule has 1 aliphatic rings. The van der Waals surface area contributed by atoms with Gasteiger partial charge in [0.2, 0.25) is 0 Å². The minimum atomic E-state index is 0.0435. The van der Waals surface area contributed by atoms with Crippen molar-refractivity contribution in [1.82, 2.24) is 4.90 Å². The van der Waals surface area contributed by atoms with E-state index in [1.165, 1.54) is 5.56 Å². The minimum Gasteiger partial charge on any atom is -0.497 e. The van der Waals surface area contributed by atoms with Crippen LogP contribution in [-0.4, -0.2) is 26.1 Å². The fourth-order valence-corrected chi connectivity index (χ4v) is 3.13. The lowest BCUT2D eigenvalue weighted by Crippen LogP contribution is -2.44. The lowest BCUT2D eigenvalue weighted by atomic mass is 9.72. The first-order chi connectivity index (χ1) is 9.12. The van der Waals surface area contributed by atoms with Crippen molar-refractivity contribution in [2.45, 2.75) is 31.2 Å². The summed E-state index contributed by atoms with van der Waals surface area (Å²) in [6.07, 6.45) is 4.02. The van der Waals surface area contributed by atoms with Gasteiger partial charge in [-0.25, -0.2) is 0 Å². The van der Waals surface area contributed by atoms with E-state index in [4.69, 9.17) is 10.00 Å². The maximum atomic E-state index is 9.07. The second-order valence-corrected chi connectivity index (χ2v) is 5.56. The molecule has 1 aromatic carbocycles. The molecule has 0 atom stereocenters. The fraction of sp³-hybridized carbons (Fsp3) is 0.562. The van der Waals surface area contributed by atoms with Crippen molar-refractivity contribution in [2.75, 3.05) is 21.2 Å². The maximum Gasteiger partial charge on any atom is 0.119 e. The molecule has 0 heterocycles. The first-order valence-corrected chi connectivity index (χ1v) is 6.84. The van der Waals surface area contributed by atoms with Gasteiger partial charge >= 0.3 is 0 Å². The lowest BCUT2D eigenvalue weighted by Gasteiger charge is -2.44. The highest BCUT2D eigenvalue weighted by molar-refractivity contribution is 5.34. The Labute approximate surface area is 115 Å². The van der Waals surface area contributed by atoms with E-state index in [1.54, 1.807) is 7.11 Å². The Hall–Kier alpha value is -1.53. The molecule has 0 unspecified atom stereocenters. The number of nitrogens with zero attached hydrogens (tertiary/aromatic N) is 2. The standard InChI is InChI=1S/C16H22N2O/c1-18(2)16(9-7-13(12-17)8-10-16)14-5-4-6-15(11-14)19-3/h4-6,11,13H,7-10H2,1-3H3. The second-order valence-electron chi connectivity index (χ2n) is 5.56. The van der Waals surface area contributed by atoms with Crippen molar-refractivity contribution in [3.8, 4) is 11.8 Å². The van der Waals surface area contributed by atoms with Crippen LogP contribution in [0.3, 0.4) is 0 Å². The predicted molar refractivity (Wildman–Crippen MR) is 75.9 cm³/mol. The molecule has 1 aromatic rings. The molecule has 1 aliphatic carbocycles. The summed E-state index contributed by atoms with van der Waals surface area (Å²) in [7, 11) is 5.96. The molecule has 1 fully saturated rings. The van der Waals surface area contributed by atoms with Crippen LogP contribution in [0.1, 0.15) is 31.2 Å². The quantitative estimate of drug-likeness (QED) is 0.835. The number of rotatable bonds is 3. The van der Waals surface area contributed by atoms with Gasteiger partial charge in [0.1, 0.15) is 5.75 Å². The number of ether oxygens (including phenoxy) is 1. The van der Waals surface area contributed by atoms with Gasteiger partial charge in [-0.1, -0.05) is 12.1 Å². The summed E-state index contributed by atoms with van der Waals surface area (Å²) in [5.74, 6) is 1.12. The minimum absolute atomic E-state index is 0.0435. The van der Waals surface area contributed by atoms with Crippen LogP contribution in [0.2, 0.25) is 0 Å². The number of benzene rings is 1. The third-order valence-corrected chi connectivity index (χ3v) is 4.46. The molecule has 3 heteroatoms. The number of hydrogen-bond acceptors (Lipinski definition) is 3. The Morgan fingerprint density at radius 2 is 2.00 bits per heavy atom. The molecule has 2 rings (SSSR count). The zero-order valence-corrected chi connectivity index (χ0v) is 12.0. The van der Waals surface area contributed by atoms with Crippen molar-refractivity contribution in [3.05, 3.63) is 29.8 Å². The SMILES string of the molecule is COc1cccc(C2(N(C)C)CCC(C#N)CC2)c1. The van der Waals surface area contributed by atoms with Crippen LogP contribution in [0.5, 0.6) is 5.75 Å². The van der Waals surface area contributed by atoms with Crippen molar-refractivity contribution in [1.29, 1.82) is 5.26 Å². The van der Waals surface area contributed by atoms with E-state index in [0.717, 1.165) is 31.4 Å². The predicted octanol–water partition coefficient (Wildman–Crippen LogP) is 3.17. The molecule has 0 radical (unpaired) electrons. The molecule has 0 spiro atoms. The summed E-state index contributed by atoms with van der Waals surface area (Å²) in [5, 5.41) is 9.07. The van der Waals surface area contributed by atoms with E-state index in [9.17, 15) is 0 Å². The van der Waals surface area contributed by atoms with E-state index in [1.807, 2.05) is 6.07 Å². The van der Waals surface area contributed by atoms with Gasteiger partial charge < -0.3 is 4.74 Å². The molecular formula is C16H22N2O. The molecule has 0 aromatic heterocycles. The lowest BCUT2D eigenvalue weighted by molar-refractivity contribution is 0.0871. The first kappa shape index (κ1) is 13.9. The Bertz CT molecular complexity index is 468. The van der Waals surface area contributed by atoms with Crippen LogP contribution in [0, 0.1) is 17.2 Å². The number of nitriles is 1. The van der Waals surface area contributed by atoms with Crippen LogP contribution in [-0.2, 0) is 5.54 Å². The summed E-state index contributed by atoms with van der Waals surface area (Å²) in [5.41, 5.74) is 1.34. The van der Waals surface area contributed by atoms with Crippen LogP contribution in [0.4, 0.5) is 0 Å². The van der Waals surface area contributed by atoms with Gasteiger partial charge in [-0.15, -0.1) is 0 Å². The molecular weight excluding hydrogens is 236 g/mol. The highest BCUT2D eigenvalue weighted by atomic mass is 16.5. The molecule has 0 N–H and O–H groups in total. The average molecular weight is 258 g/mol. The highest BCUT2D eigenvalue weighted by Crippen LogP contribution is 2.43. The van der Waals surface area contributed by atoms with Gasteiger partial charge in [0.15, 0.2) is 0 Å². The Morgan fingerprint density at radius 3 is 2.53 bits per heavy atom. The Morgan fingerprint density at radius 1 is 1.32 bits per heavy atom. The highest BCUT2D eigenvalue weighted by Gasteiger charge is 2.38. The summed E-state index contributed by atoms with van der Waals surface area (Å²) in [6.45, 7) is 0. The molecule has 1 saturated carbocycles. The smallest absolute Gasteiger partial charge is 0.119 e. The Kier molecular flexibility index (Phi) is 4.11. The van der Waals surface area contributed by atoms with E-state index < -0.39 is 0 Å². The first-order valence-electron chi connectivity index (χ1n) is 6.84. The van der Waals surface area contributed by atoms with E-state index in [-0.39, 0.29) is 11.5 Å². The van der Waals surface area contributed by atoms with Crippen LogP contribution >= 0.6 is 0 Å². The van der Waals surface area contributed by atoms with Gasteiger partial charge in [0, 0.05) is 11.5 Å². The zero-order chi connectivity index (χ0) is 13.9. The average Bonchev–Trinajstić information content (AvgIpc) is 2.47. The molecule has 102 valence electrons. The van der Waals surface area contributed by atoms with Crippen molar-refractivity contribution >= 4 is 0 Å². The normalized spacial score (nSPS) is 27.0. The molecule has 3 nitrogen and oxygen atoms in total. The van der Waals surface area contributed by atoms with Gasteiger partial charge in [0.05, 0.1) is 13.2 Å². The van der Waals surface area contributed by atoms with Crippen molar-refractivity contribution < 1.29 is 4.74 Å². The van der Waals surface area contributed by atoms with Crippen LogP contribution in [0.25, 0.3) is 0 Å². The Balaban J connectivity index is 2.32. The largest absolute Gasteiger partial charge is 0.497 e. The van der Waals surface area contributed by atoms with Gasteiger partial charge in [-0.3, -0.25) is 4.90 Å². The van der Waals surface area contributed by atoms with Gasteiger partial charge in [-0.05, 0) is 57.5 Å². The molecule has 0 amide bonds. The number of methoxy groups -OCH3 is 1. The molecule has 0 saturated heterocycles. The number of hydrogen-bond donors (Lipinski definition) is 0. The molecule has 19 heavy (non-hydrogen) atoms. The summed E-state index contributed by atoms with van der Waals surface area (Å²) >= 11 is 0. The van der Waals surface area contributed by atoms with Gasteiger partial charge in [-0.2, -0.15) is 5.26 Å². The van der Waals surface area contributed by atoms with Crippen molar-refractivity contribution in [3.63, 3.8) is 0 Å². The topological polar surface area (TPSA) is 36.3 Å². The third-order valence-electron chi connectivity index (χ3n) is 4.46. The van der Waals surface area contributed by atoms with E-state index in [2.05, 4.69) is 43.3 Å². The second kappa shape index (κ2) is 5.63. The van der Waals surface area contributed by atoms with E-state index >= 15 is 0 Å². The fourth-order valence-electron chi connectivity index (χ4n) is 3.13. The third kappa shape index (κ3) is 2.59. The summed E-state index contributed by atoms with van der Waals surface area (Å²) < 4.78 is 5.34. The van der Waals surface area contributed by atoms with Gasteiger partial charge in [0.25, 0.3) is 0 Å². The maximum absolute atomic E-state index is 9.07. The van der Waals surface area contributed by atoms with Crippen LogP contribution in [0.15, 0.2) is 24.3 Å². The summed E-state index contributed by atoms with van der Waals surface area (Å²) in [4.78, 5) is 2.30.